The number of hydrogen-bond donors (Lipinski definition) is 1. The minimum atomic E-state index is -4.12. The Morgan fingerprint density at radius 1 is 1.27 bits per heavy atom. The van der Waals surface area contributed by atoms with Crippen molar-refractivity contribution in [2.45, 2.75) is 19.3 Å². The van der Waals surface area contributed by atoms with Crippen molar-refractivity contribution in [1.82, 2.24) is 4.31 Å². The molecule has 0 bridgehead atoms. The van der Waals surface area contributed by atoms with E-state index >= 15 is 0 Å². The first-order valence-electron chi connectivity index (χ1n) is 8.15. The maximum atomic E-state index is 12.6. The van der Waals surface area contributed by atoms with Crippen LogP contribution in [0.5, 0.6) is 11.5 Å². The van der Waals surface area contributed by atoms with E-state index in [-0.39, 0.29) is 23.9 Å². The first-order chi connectivity index (χ1) is 12.4. The SMILES string of the molecule is COc1ccc(C2=NS(=O)(=O)N(CC3CCC3)C(C(=O)O)=C2)cc1OC. The molecule has 1 aliphatic carbocycles. The van der Waals surface area contributed by atoms with Gasteiger partial charge in [0.15, 0.2) is 11.5 Å². The second kappa shape index (κ2) is 6.99. The maximum Gasteiger partial charge on any atom is 0.353 e. The van der Waals surface area contributed by atoms with Crippen LogP contribution in [0.25, 0.3) is 0 Å². The second-order valence-electron chi connectivity index (χ2n) is 6.19. The summed E-state index contributed by atoms with van der Waals surface area (Å²) in [6.07, 6.45) is 4.10. The normalized spacial score (nSPS) is 19.2. The van der Waals surface area contributed by atoms with Crippen LogP contribution in [0.1, 0.15) is 24.8 Å². The van der Waals surface area contributed by atoms with Gasteiger partial charge in [0.2, 0.25) is 0 Å². The first kappa shape index (κ1) is 18.2. The largest absolute Gasteiger partial charge is 0.493 e. The van der Waals surface area contributed by atoms with Gasteiger partial charge in [-0.05, 0) is 43.0 Å². The molecule has 3 rings (SSSR count). The van der Waals surface area contributed by atoms with Gasteiger partial charge in [-0.15, -0.1) is 4.40 Å². The van der Waals surface area contributed by atoms with Crippen molar-refractivity contribution in [3.05, 3.63) is 35.5 Å². The molecule has 0 spiro atoms. The summed E-state index contributed by atoms with van der Waals surface area (Å²) in [6, 6.07) is 4.77. The average molecular weight is 380 g/mol. The van der Waals surface area contributed by atoms with E-state index in [1.165, 1.54) is 20.3 Å². The molecule has 1 fully saturated rings. The van der Waals surface area contributed by atoms with Crippen LogP contribution in [0, 0.1) is 5.92 Å². The van der Waals surface area contributed by atoms with Crippen LogP contribution in [0.4, 0.5) is 0 Å². The second-order valence-corrected chi connectivity index (χ2v) is 7.71. The predicted octanol–water partition coefficient (Wildman–Crippen LogP) is 1.82. The van der Waals surface area contributed by atoms with E-state index in [1.807, 2.05) is 0 Å². The molecule has 9 heteroatoms. The van der Waals surface area contributed by atoms with Crippen molar-refractivity contribution in [3.8, 4) is 11.5 Å². The molecule has 26 heavy (non-hydrogen) atoms. The van der Waals surface area contributed by atoms with Crippen LogP contribution >= 0.6 is 0 Å². The zero-order valence-corrected chi connectivity index (χ0v) is 15.3. The summed E-state index contributed by atoms with van der Waals surface area (Å²) < 4.78 is 40.3. The molecule has 1 heterocycles. The van der Waals surface area contributed by atoms with Crippen LogP contribution in [0.15, 0.2) is 34.4 Å². The Morgan fingerprint density at radius 2 is 1.96 bits per heavy atom. The third kappa shape index (κ3) is 3.39. The van der Waals surface area contributed by atoms with Crippen LogP contribution in [-0.2, 0) is 15.0 Å². The lowest BCUT2D eigenvalue weighted by atomic mass is 9.85. The molecule has 1 aromatic carbocycles. The van der Waals surface area contributed by atoms with Crippen molar-refractivity contribution in [3.63, 3.8) is 0 Å². The predicted molar refractivity (Wildman–Crippen MR) is 94.8 cm³/mol. The number of methoxy groups -OCH3 is 2. The summed E-state index contributed by atoms with van der Waals surface area (Å²) in [6.45, 7) is 0.142. The number of carboxylic acid groups (broad SMARTS) is 1. The highest BCUT2D eigenvalue weighted by Crippen LogP contribution is 2.33. The molecule has 0 radical (unpaired) electrons. The van der Waals surface area contributed by atoms with Gasteiger partial charge in [0, 0.05) is 12.1 Å². The van der Waals surface area contributed by atoms with Crippen LogP contribution in [0.3, 0.4) is 0 Å². The monoisotopic (exact) mass is 380 g/mol. The molecular formula is C17H20N2O6S. The van der Waals surface area contributed by atoms with Gasteiger partial charge in [0.25, 0.3) is 0 Å². The van der Waals surface area contributed by atoms with Crippen LogP contribution in [-0.4, -0.2) is 50.3 Å². The topological polar surface area (TPSA) is 106 Å². The molecule has 1 saturated carbocycles. The highest BCUT2D eigenvalue weighted by molar-refractivity contribution is 7.88. The number of hydrogen-bond acceptors (Lipinski definition) is 5. The van der Waals surface area contributed by atoms with E-state index in [0.29, 0.717) is 17.1 Å². The minimum absolute atomic E-state index is 0.0493. The maximum absolute atomic E-state index is 12.6. The third-order valence-corrected chi connectivity index (χ3v) is 5.91. The number of rotatable bonds is 6. The van der Waals surface area contributed by atoms with Crippen molar-refractivity contribution >= 4 is 21.9 Å². The summed E-state index contributed by atoms with van der Waals surface area (Å²) in [5.74, 6) is -0.261. The summed E-state index contributed by atoms with van der Waals surface area (Å²) in [5, 5.41) is 9.52. The molecule has 0 atom stereocenters. The lowest BCUT2D eigenvalue weighted by Crippen LogP contribution is -2.40. The number of nitrogens with zero attached hydrogens (tertiary/aromatic N) is 2. The van der Waals surface area contributed by atoms with Crippen molar-refractivity contribution in [2.24, 2.45) is 10.3 Å². The summed E-state index contributed by atoms with van der Waals surface area (Å²) >= 11 is 0. The summed E-state index contributed by atoms with van der Waals surface area (Å²) in [4.78, 5) is 11.7. The highest BCUT2D eigenvalue weighted by atomic mass is 32.2. The van der Waals surface area contributed by atoms with E-state index in [0.717, 1.165) is 23.6 Å². The quantitative estimate of drug-likeness (QED) is 0.807. The number of allylic oxidation sites excluding steroid dienone is 1. The molecule has 0 unspecified atom stereocenters. The van der Waals surface area contributed by atoms with Gasteiger partial charge < -0.3 is 14.6 Å². The Balaban J connectivity index is 2.02. The van der Waals surface area contributed by atoms with Gasteiger partial charge in [-0.3, -0.25) is 0 Å². The summed E-state index contributed by atoms with van der Waals surface area (Å²) in [7, 11) is -1.18. The summed E-state index contributed by atoms with van der Waals surface area (Å²) in [5.41, 5.74) is 0.179. The van der Waals surface area contributed by atoms with Crippen LogP contribution < -0.4 is 9.47 Å². The molecular weight excluding hydrogens is 360 g/mol. The number of carbonyl (C=O) groups is 1. The fourth-order valence-electron chi connectivity index (χ4n) is 2.93. The fraction of sp³-hybridized carbons (Fsp3) is 0.412. The Labute approximate surface area is 151 Å². The zero-order valence-electron chi connectivity index (χ0n) is 14.5. The molecule has 140 valence electrons. The third-order valence-electron chi connectivity index (χ3n) is 4.58. The van der Waals surface area contributed by atoms with E-state index in [9.17, 15) is 18.3 Å². The Hall–Kier alpha value is -2.55. The highest BCUT2D eigenvalue weighted by Gasteiger charge is 2.36. The van der Waals surface area contributed by atoms with Crippen molar-refractivity contribution in [2.75, 3.05) is 20.8 Å². The number of benzene rings is 1. The molecule has 0 saturated heterocycles. The standard InChI is InChI=1S/C17H20N2O6S/c1-24-15-7-6-12(8-16(15)25-2)13-9-14(17(20)21)19(26(22,23)18-13)10-11-4-3-5-11/h6-9,11H,3-5,10H2,1-2H3,(H,20,21). The molecule has 1 aliphatic heterocycles. The average Bonchev–Trinajstić information content (AvgIpc) is 2.57. The minimum Gasteiger partial charge on any atom is -0.493 e. The first-order valence-corrected chi connectivity index (χ1v) is 9.55. The molecule has 0 aromatic heterocycles. The Bertz CT molecular complexity index is 887. The fourth-order valence-corrected chi connectivity index (χ4v) is 4.21. The lowest BCUT2D eigenvalue weighted by molar-refractivity contribution is -0.133. The zero-order chi connectivity index (χ0) is 18.9. The number of carboxylic acids is 1. The van der Waals surface area contributed by atoms with Gasteiger partial charge in [0.1, 0.15) is 5.70 Å². The number of aliphatic carboxylic acids is 1. The lowest BCUT2D eigenvalue weighted by Gasteiger charge is -2.33. The van der Waals surface area contributed by atoms with Gasteiger partial charge in [-0.2, -0.15) is 8.42 Å². The van der Waals surface area contributed by atoms with E-state index in [1.54, 1.807) is 18.2 Å². The Morgan fingerprint density at radius 3 is 2.50 bits per heavy atom. The van der Waals surface area contributed by atoms with Crippen molar-refractivity contribution in [1.29, 1.82) is 0 Å². The van der Waals surface area contributed by atoms with Gasteiger partial charge in [0.05, 0.1) is 19.9 Å². The molecule has 8 nitrogen and oxygen atoms in total. The van der Waals surface area contributed by atoms with Crippen LogP contribution in [0.2, 0.25) is 0 Å². The Kier molecular flexibility index (Phi) is 4.90. The van der Waals surface area contributed by atoms with Gasteiger partial charge in [-0.25, -0.2) is 9.10 Å². The smallest absolute Gasteiger partial charge is 0.353 e. The molecule has 1 N–H and O–H groups in total. The molecule has 1 aromatic rings. The van der Waals surface area contributed by atoms with E-state index < -0.39 is 16.2 Å². The van der Waals surface area contributed by atoms with Crippen molar-refractivity contribution < 1.29 is 27.8 Å². The number of ether oxygens (including phenoxy) is 2. The van der Waals surface area contributed by atoms with E-state index in [4.69, 9.17) is 9.47 Å². The molecule has 2 aliphatic rings. The van der Waals surface area contributed by atoms with Gasteiger partial charge in [-0.1, -0.05) is 6.42 Å². The van der Waals surface area contributed by atoms with Gasteiger partial charge >= 0.3 is 16.2 Å². The molecule has 0 amide bonds. The van der Waals surface area contributed by atoms with E-state index in [2.05, 4.69) is 4.40 Å².